The van der Waals surface area contributed by atoms with Gasteiger partial charge in [0.2, 0.25) is 0 Å². The third-order valence-electron chi connectivity index (χ3n) is 2.30. The van der Waals surface area contributed by atoms with Crippen LogP contribution in [0.5, 0.6) is 0 Å². The van der Waals surface area contributed by atoms with Gasteiger partial charge >= 0.3 is 12.1 Å². The minimum Gasteiger partial charge on any atom is -0.475 e. The fourth-order valence-corrected chi connectivity index (χ4v) is 1.41. The van der Waals surface area contributed by atoms with Crippen LogP contribution in [0, 0.1) is 0 Å². The number of nitrogens with one attached hydrogen (secondary N) is 1. The molecule has 104 valence electrons. The first-order valence-electron chi connectivity index (χ1n) is 5.52. The number of carboxylic acids is 1. The van der Waals surface area contributed by atoms with Crippen molar-refractivity contribution in [2.45, 2.75) is 12.6 Å². The van der Waals surface area contributed by atoms with Gasteiger partial charge in [-0.25, -0.2) is 4.79 Å². The van der Waals surface area contributed by atoms with Crippen LogP contribution in [0.4, 0.5) is 13.2 Å². The summed E-state index contributed by atoms with van der Waals surface area (Å²) in [6.45, 7) is 2.05. The summed E-state index contributed by atoms with van der Waals surface area (Å²) in [5.41, 5.74) is 2.49. The summed E-state index contributed by atoms with van der Waals surface area (Å²) in [5, 5.41) is 10.4. The zero-order valence-electron chi connectivity index (χ0n) is 9.94. The molecule has 0 aromatic carbocycles. The molecule has 1 aliphatic heterocycles. The molecule has 1 aromatic heterocycles. The second kappa shape index (κ2) is 6.89. The topological polar surface area (TPSA) is 62.2 Å². The molecule has 0 saturated heterocycles. The lowest BCUT2D eigenvalue weighted by molar-refractivity contribution is -0.192. The van der Waals surface area contributed by atoms with E-state index in [-0.39, 0.29) is 0 Å². The average Bonchev–Trinajstić information content (AvgIpc) is 2.40. The van der Waals surface area contributed by atoms with Crippen molar-refractivity contribution in [2.24, 2.45) is 0 Å². The molecule has 2 N–H and O–H groups in total. The zero-order chi connectivity index (χ0) is 14.3. The van der Waals surface area contributed by atoms with Gasteiger partial charge in [-0.15, -0.1) is 0 Å². The van der Waals surface area contributed by atoms with Crippen LogP contribution in [0.15, 0.2) is 30.5 Å². The van der Waals surface area contributed by atoms with Crippen molar-refractivity contribution in [3.05, 3.63) is 36.2 Å². The summed E-state index contributed by atoms with van der Waals surface area (Å²) >= 11 is 0. The lowest BCUT2D eigenvalue weighted by Crippen LogP contribution is -2.21. The van der Waals surface area contributed by atoms with Gasteiger partial charge in [-0.3, -0.25) is 4.98 Å². The van der Waals surface area contributed by atoms with E-state index >= 15 is 0 Å². The molecule has 4 nitrogen and oxygen atoms in total. The highest BCUT2D eigenvalue weighted by Gasteiger charge is 2.38. The summed E-state index contributed by atoms with van der Waals surface area (Å²) in [5.74, 6) is -2.76. The highest BCUT2D eigenvalue weighted by molar-refractivity contribution is 5.73. The maximum absolute atomic E-state index is 10.6. The summed E-state index contributed by atoms with van der Waals surface area (Å²) in [6.07, 6.45) is 0.0705. The Bertz CT molecular complexity index is 444. The number of aliphatic carboxylic acids is 1. The maximum atomic E-state index is 10.6. The van der Waals surface area contributed by atoms with Gasteiger partial charge in [0.25, 0.3) is 0 Å². The smallest absolute Gasteiger partial charge is 0.475 e. The predicted octanol–water partition coefficient (Wildman–Crippen LogP) is 2.09. The third kappa shape index (κ3) is 5.52. The van der Waals surface area contributed by atoms with E-state index in [1.54, 1.807) is 0 Å². The van der Waals surface area contributed by atoms with Crippen molar-refractivity contribution in [1.82, 2.24) is 10.3 Å². The van der Waals surface area contributed by atoms with Gasteiger partial charge in [-0.1, -0.05) is 12.1 Å². The first-order valence-corrected chi connectivity index (χ1v) is 5.52. The quantitative estimate of drug-likeness (QED) is 0.823. The lowest BCUT2D eigenvalue weighted by Gasteiger charge is -2.12. The van der Waals surface area contributed by atoms with E-state index in [4.69, 9.17) is 9.90 Å². The Hall–Kier alpha value is -1.89. The monoisotopic (exact) mass is 274 g/mol. The van der Waals surface area contributed by atoms with Crippen molar-refractivity contribution in [3.8, 4) is 0 Å². The number of pyridine rings is 1. The molecule has 0 radical (unpaired) electrons. The first-order chi connectivity index (χ1) is 8.91. The van der Waals surface area contributed by atoms with Gasteiger partial charge < -0.3 is 10.4 Å². The molecule has 2 rings (SSSR count). The molecule has 0 spiro atoms. The molecule has 0 unspecified atom stereocenters. The molecule has 7 heteroatoms. The molecule has 0 fully saturated rings. The summed E-state index contributed by atoms with van der Waals surface area (Å²) < 4.78 is 31.7. The summed E-state index contributed by atoms with van der Waals surface area (Å²) in [7, 11) is 0. The van der Waals surface area contributed by atoms with Crippen molar-refractivity contribution in [1.29, 1.82) is 0 Å². The average molecular weight is 274 g/mol. The molecule has 0 saturated carbocycles. The van der Waals surface area contributed by atoms with Crippen LogP contribution in [0.25, 0.3) is 5.57 Å². The molecule has 0 amide bonds. The standard InChI is InChI=1S/C10H12N2.C2HF3O2/c1-2-6-12-10(3-1)9-4-7-11-8-5-9;3-2(4,5)1(6)7/h1-4,6,11H,5,7-8H2;(H,6,7). The highest BCUT2D eigenvalue weighted by atomic mass is 19.4. The highest BCUT2D eigenvalue weighted by Crippen LogP contribution is 2.16. The number of hydrogen-bond donors (Lipinski definition) is 2. The van der Waals surface area contributed by atoms with E-state index in [1.165, 1.54) is 5.57 Å². The van der Waals surface area contributed by atoms with Crippen LogP contribution in [0.1, 0.15) is 12.1 Å². The Morgan fingerprint density at radius 3 is 2.47 bits per heavy atom. The second-order valence-corrected chi connectivity index (χ2v) is 3.70. The van der Waals surface area contributed by atoms with Gasteiger partial charge in [-0.2, -0.15) is 13.2 Å². The first kappa shape index (κ1) is 15.2. The van der Waals surface area contributed by atoms with Crippen molar-refractivity contribution in [2.75, 3.05) is 13.1 Å². The Labute approximate surface area is 108 Å². The largest absolute Gasteiger partial charge is 0.490 e. The van der Waals surface area contributed by atoms with Gasteiger partial charge in [0.1, 0.15) is 0 Å². The van der Waals surface area contributed by atoms with E-state index in [1.807, 2.05) is 18.3 Å². The normalized spacial score (nSPS) is 15.0. The van der Waals surface area contributed by atoms with E-state index in [0.29, 0.717) is 0 Å². The molecule has 0 atom stereocenters. The van der Waals surface area contributed by atoms with Crippen LogP contribution in [-0.4, -0.2) is 35.3 Å². The van der Waals surface area contributed by atoms with E-state index in [0.717, 1.165) is 25.2 Å². The maximum Gasteiger partial charge on any atom is 0.490 e. The zero-order valence-corrected chi connectivity index (χ0v) is 9.94. The summed E-state index contributed by atoms with van der Waals surface area (Å²) in [6, 6.07) is 6.05. The molecule has 1 aliphatic rings. The molecule has 19 heavy (non-hydrogen) atoms. The van der Waals surface area contributed by atoms with E-state index < -0.39 is 12.1 Å². The number of hydrogen-bond acceptors (Lipinski definition) is 3. The van der Waals surface area contributed by atoms with Crippen molar-refractivity contribution < 1.29 is 23.1 Å². The SMILES string of the molecule is C1=C(c2ccccn2)CCNC1.O=C(O)C(F)(F)F. The van der Waals surface area contributed by atoms with Crippen molar-refractivity contribution in [3.63, 3.8) is 0 Å². The molecular weight excluding hydrogens is 261 g/mol. The minimum atomic E-state index is -5.08. The number of alkyl halides is 3. The Balaban J connectivity index is 0.000000224. The molecule has 1 aromatic rings. The van der Waals surface area contributed by atoms with Gasteiger partial charge in [-0.05, 0) is 30.7 Å². The second-order valence-electron chi connectivity index (χ2n) is 3.70. The Morgan fingerprint density at radius 2 is 2.05 bits per heavy atom. The Kier molecular flexibility index (Phi) is 5.50. The molecule has 0 aliphatic carbocycles. The van der Waals surface area contributed by atoms with Gasteiger partial charge in [0.15, 0.2) is 0 Å². The lowest BCUT2D eigenvalue weighted by atomic mass is 10.1. The van der Waals surface area contributed by atoms with Crippen molar-refractivity contribution >= 4 is 11.5 Å². The van der Waals surface area contributed by atoms with Crippen LogP contribution >= 0.6 is 0 Å². The number of aromatic nitrogens is 1. The minimum absolute atomic E-state index is 0.978. The third-order valence-corrected chi connectivity index (χ3v) is 2.30. The van der Waals surface area contributed by atoms with Crippen LogP contribution in [0.3, 0.4) is 0 Å². The molecular formula is C12H13F3N2O2. The van der Waals surface area contributed by atoms with E-state index in [9.17, 15) is 13.2 Å². The number of halogens is 3. The Morgan fingerprint density at radius 1 is 1.37 bits per heavy atom. The predicted molar refractivity (Wildman–Crippen MR) is 63.4 cm³/mol. The summed E-state index contributed by atoms with van der Waals surface area (Å²) in [4.78, 5) is 13.2. The number of rotatable bonds is 1. The van der Waals surface area contributed by atoms with Gasteiger partial charge in [0, 0.05) is 12.7 Å². The number of nitrogens with zero attached hydrogens (tertiary/aromatic N) is 1. The van der Waals surface area contributed by atoms with Gasteiger partial charge in [0.05, 0.1) is 5.69 Å². The fourth-order valence-electron chi connectivity index (χ4n) is 1.41. The molecule has 2 heterocycles. The number of carboxylic acid groups (broad SMARTS) is 1. The van der Waals surface area contributed by atoms with Crippen LogP contribution < -0.4 is 5.32 Å². The molecule has 0 bridgehead atoms. The van der Waals surface area contributed by atoms with E-state index in [2.05, 4.69) is 22.4 Å². The van der Waals surface area contributed by atoms with Crippen LogP contribution in [-0.2, 0) is 4.79 Å². The van der Waals surface area contributed by atoms with Crippen LogP contribution in [0.2, 0.25) is 0 Å². The fraction of sp³-hybridized carbons (Fsp3) is 0.333. The number of carbonyl (C=O) groups is 1.